The summed E-state index contributed by atoms with van der Waals surface area (Å²) in [5.41, 5.74) is 0. The molecule has 4 nitrogen and oxygen atoms in total. The Hall–Kier alpha value is -0.820. The van der Waals surface area contributed by atoms with Crippen LogP contribution in [0.4, 0.5) is 0 Å². The van der Waals surface area contributed by atoms with Gasteiger partial charge in [-0.2, -0.15) is 0 Å². The summed E-state index contributed by atoms with van der Waals surface area (Å²) in [5.74, 6) is 0.727. The highest BCUT2D eigenvalue weighted by Gasteiger charge is 2.15. The Balaban J connectivity index is 1.88. The van der Waals surface area contributed by atoms with Crippen molar-refractivity contribution in [2.24, 2.45) is 0 Å². The van der Waals surface area contributed by atoms with Crippen molar-refractivity contribution in [1.82, 2.24) is 14.6 Å². The van der Waals surface area contributed by atoms with Crippen molar-refractivity contribution in [3.05, 3.63) is 17.6 Å². The number of nitrogens with one attached hydrogen (secondary N) is 1. The third-order valence-electron chi connectivity index (χ3n) is 2.92. The molecule has 0 unspecified atom stereocenters. The Morgan fingerprint density at radius 1 is 1.44 bits per heavy atom. The summed E-state index contributed by atoms with van der Waals surface area (Å²) in [4.78, 5) is 5.54. The smallest absolute Gasteiger partial charge is 0.231 e. The van der Waals surface area contributed by atoms with Crippen LogP contribution in [0.15, 0.2) is 22.5 Å². The van der Waals surface area contributed by atoms with Crippen LogP contribution in [0.1, 0.15) is 0 Å². The van der Waals surface area contributed by atoms with Crippen molar-refractivity contribution in [2.45, 2.75) is 4.90 Å². The molecular weight excluding hydrogens is 266 g/mol. The minimum absolute atomic E-state index is 0.727. The Kier molecular flexibility index (Phi) is 3.69. The molecule has 0 radical (unpaired) electrons. The van der Waals surface area contributed by atoms with Gasteiger partial charge in [0.1, 0.15) is 0 Å². The molecule has 0 bridgehead atoms. The van der Waals surface area contributed by atoms with E-state index in [2.05, 4.69) is 26.1 Å². The highest BCUT2D eigenvalue weighted by molar-refractivity contribution is 7.97. The van der Waals surface area contributed by atoms with Gasteiger partial charge in [0.2, 0.25) is 5.88 Å². The summed E-state index contributed by atoms with van der Waals surface area (Å²) in [5, 5.41) is 6.81. The molecule has 1 aliphatic heterocycles. The molecule has 1 N–H and O–H groups in total. The predicted octanol–water partition coefficient (Wildman–Crippen LogP) is 2.22. The van der Waals surface area contributed by atoms with Crippen molar-refractivity contribution >= 4 is 33.4 Å². The molecular formula is C12H15N3OS2. The highest BCUT2D eigenvalue weighted by atomic mass is 32.2. The molecule has 3 heterocycles. The van der Waals surface area contributed by atoms with Gasteiger partial charge in [0.25, 0.3) is 0 Å². The number of hydrogen-bond acceptors (Lipinski definition) is 6. The minimum Gasteiger partial charge on any atom is -0.480 e. The van der Waals surface area contributed by atoms with Gasteiger partial charge in [-0.15, -0.1) is 11.3 Å². The fourth-order valence-corrected chi connectivity index (χ4v) is 4.19. The predicted molar refractivity (Wildman–Crippen MR) is 76.5 cm³/mol. The number of fused-ring (bicyclic) bond motifs is 1. The lowest BCUT2D eigenvalue weighted by Crippen LogP contribution is -2.39. The second-order valence-corrected chi connectivity index (χ2v) is 6.09. The fraction of sp³-hybridized carbons (Fsp3) is 0.417. The van der Waals surface area contributed by atoms with Gasteiger partial charge in [-0.25, -0.2) is 9.29 Å². The molecule has 0 spiro atoms. The van der Waals surface area contributed by atoms with Gasteiger partial charge in [-0.05, 0) is 18.0 Å². The number of methoxy groups -OCH3 is 1. The zero-order valence-corrected chi connectivity index (χ0v) is 11.8. The number of nitrogens with zero attached hydrogens (tertiary/aromatic N) is 2. The monoisotopic (exact) mass is 281 g/mol. The van der Waals surface area contributed by atoms with Crippen molar-refractivity contribution < 1.29 is 4.74 Å². The number of ether oxygens (including phenoxy) is 1. The summed E-state index contributed by atoms with van der Waals surface area (Å²) in [7, 11) is 1.67. The maximum Gasteiger partial charge on any atom is 0.231 e. The number of hydrogen-bond donors (Lipinski definition) is 1. The Morgan fingerprint density at radius 2 is 2.28 bits per heavy atom. The first-order valence-electron chi connectivity index (χ1n) is 5.92. The highest BCUT2D eigenvalue weighted by Crippen LogP contribution is 2.38. The van der Waals surface area contributed by atoms with Gasteiger partial charge >= 0.3 is 0 Å². The molecule has 6 heteroatoms. The maximum atomic E-state index is 5.30. The van der Waals surface area contributed by atoms with Crippen LogP contribution in [0.25, 0.3) is 10.1 Å². The molecule has 0 aromatic carbocycles. The average Bonchev–Trinajstić information content (AvgIpc) is 2.83. The molecule has 96 valence electrons. The topological polar surface area (TPSA) is 37.4 Å². The van der Waals surface area contributed by atoms with E-state index in [-0.39, 0.29) is 0 Å². The van der Waals surface area contributed by atoms with Crippen LogP contribution in [-0.4, -0.2) is 42.6 Å². The number of piperazine rings is 1. The van der Waals surface area contributed by atoms with E-state index in [4.69, 9.17) is 4.74 Å². The van der Waals surface area contributed by atoms with Crippen LogP contribution in [0, 0.1) is 0 Å². The Morgan fingerprint density at radius 3 is 3.06 bits per heavy atom. The van der Waals surface area contributed by atoms with Gasteiger partial charge in [0.05, 0.1) is 11.8 Å². The minimum atomic E-state index is 0.727. The van der Waals surface area contributed by atoms with Crippen LogP contribution in [0.3, 0.4) is 0 Å². The standard InChI is InChI=1S/C12H15N3OS2/c1-16-12-11-9(2-3-14-12)10(8-17-11)18-15-6-4-13-5-7-15/h2-3,8,13H,4-7H2,1H3. The quantitative estimate of drug-likeness (QED) is 0.873. The summed E-state index contributed by atoms with van der Waals surface area (Å²) < 4.78 is 8.84. The van der Waals surface area contributed by atoms with E-state index >= 15 is 0 Å². The molecule has 2 aromatic rings. The van der Waals surface area contributed by atoms with Gasteiger partial charge in [0, 0.05) is 48.0 Å². The summed E-state index contributed by atoms with van der Waals surface area (Å²) in [6, 6.07) is 2.07. The molecule has 2 aromatic heterocycles. The summed E-state index contributed by atoms with van der Waals surface area (Å²) in [6.07, 6.45) is 1.82. The Bertz CT molecular complexity index is 537. The molecule has 18 heavy (non-hydrogen) atoms. The van der Waals surface area contributed by atoms with E-state index in [9.17, 15) is 0 Å². The number of thiophene rings is 1. The largest absolute Gasteiger partial charge is 0.480 e. The first-order valence-corrected chi connectivity index (χ1v) is 7.57. The van der Waals surface area contributed by atoms with Gasteiger partial charge in [-0.1, -0.05) is 0 Å². The summed E-state index contributed by atoms with van der Waals surface area (Å²) >= 11 is 3.54. The molecule has 0 saturated carbocycles. The molecule has 1 saturated heterocycles. The van der Waals surface area contributed by atoms with Crippen LogP contribution < -0.4 is 10.1 Å². The second kappa shape index (κ2) is 5.44. The molecule has 0 aliphatic carbocycles. The first-order chi connectivity index (χ1) is 8.88. The summed E-state index contributed by atoms with van der Waals surface area (Å²) in [6.45, 7) is 4.31. The van der Waals surface area contributed by atoms with Crippen LogP contribution in [0.2, 0.25) is 0 Å². The lowest BCUT2D eigenvalue weighted by atomic mass is 10.3. The van der Waals surface area contributed by atoms with Crippen molar-refractivity contribution in [2.75, 3.05) is 33.3 Å². The first kappa shape index (κ1) is 12.2. The van der Waals surface area contributed by atoms with Crippen molar-refractivity contribution in [1.29, 1.82) is 0 Å². The van der Waals surface area contributed by atoms with E-state index in [0.717, 1.165) is 36.8 Å². The molecule has 1 aliphatic rings. The van der Waals surface area contributed by atoms with E-state index in [1.165, 1.54) is 10.3 Å². The average molecular weight is 281 g/mol. The van der Waals surface area contributed by atoms with Crippen molar-refractivity contribution in [3.63, 3.8) is 0 Å². The molecule has 3 rings (SSSR count). The lowest BCUT2D eigenvalue weighted by Gasteiger charge is -2.25. The van der Waals surface area contributed by atoms with Gasteiger partial charge in [-0.3, -0.25) is 0 Å². The third kappa shape index (κ3) is 2.33. The lowest BCUT2D eigenvalue weighted by molar-refractivity contribution is 0.396. The molecule has 0 amide bonds. The maximum absolute atomic E-state index is 5.30. The van der Waals surface area contributed by atoms with E-state index < -0.39 is 0 Å². The van der Waals surface area contributed by atoms with Crippen LogP contribution >= 0.6 is 23.3 Å². The zero-order valence-electron chi connectivity index (χ0n) is 10.2. The molecule has 1 fully saturated rings. The fourth-order valence-electron chi connectivity index (χ4n) is 2.00. The van der Waals surface area contributed by atoms with Gasteiger partial charge < -0.3 is 10.1 Å². The zero-order chi connectivity index (χ0) is 12.4. The van der Waals surface area contributed by atoms with Crippen molar-refractivity contribution in [3.8, 4) is 5.88 Å². The Labute approximate surface area is 114 Å². The number of pyridine rings is 1. The van der Waals surface area contributed by atoms with Crippen LogP contribution in [-0.2, 0) is 0 Å². The molecule has 0 atom stereocenters. The third-order valence-corrected chi connectivity index (χ3v) is 5.21. The SMILES string of the molecule is COc1nccc2c(SN3CCNCC3)csc12. The van der Waals surface area contributed by atoms with E-state index in [1.54, 1.807) is 18.4 Å². The van der Waals surface area contributed by atoms with Crippen LogP contribution in [0.5, 0.6) is 5.88 Å². The van der Waals surface area contributed by atoms with E-state index in [1.807, 2.05) is 18.1 Å². The van der Waals surface area contributed by atoms with E-state index in [0.29, 0.717) is 0 Å². The van der Waals surface area contributed by atoms with Gasteiger partial charge in [0.15, 0.2) is 0 Å². The number of rotatable bonds is 3. The normalized spacial score (nSPS) is 17.2. The second-order valence-electron chi connectivity index (χ2n) is 4.07. The number of aromatic nitrogens is 1.